The van der Waals surface area contributed by atoms with Crippen molar-refractivity contribution in [2.24, 2.45) is 0 Å². The minimum Gasteiger partial charge on any atom is -0.481 e. The molecular formula is C12H20N2O4. The van der Waals surface area contributed by atoms with Crippen LogP contribution in [0.3, 0.4) is 0 Å². The van der Waals surface area contributed by atoms with Gasteiger partial charge in [-0.25, -0.2) is 4.79 Å². The zero-order chi connectivity index (χ0) is 13.8. The molecule has 3 N–H and O–H groups in total. The molecule has 0 fully saturated rings. The topological polar surface area (TPSA) is 87.7 Å². The number of hydrogen-bond donors (Lipinski definition) is 3. The van der Waals surface area contributed by atoms with Crippen LogP contribution in [-0.2, 0) is 9.53 Å². The summed E-state index contributed by atoms with van der Waals surface area (Å²) in [5.41, 5.74) is 0. The maximum atomic E-state index is 11.3. The lowest BCUT2D eigenvalue weighted by molar-refractivity contribution is -0.140. The molecule has 6 nitrogen and oxygen atoms in total. The summed E-state index contributed by atoms with van der Waals surface area (Å²) in [6.45, 7) is 4.56. The lowest BCUT2D eigenvalue weighted by atomic mass is 10.2. The summed E-state index contributed by atoms with van der Waals surface area (Å²) in [5.74, 6) is 4.59. The van der Waals surface area contributed by atoms with Crippen LogP contribution < -0.4 is 10.6 Å². The maximum absolute atomic E-state index is 11.3. The van der Waals surface area contributed by atoms with Crippen LogP contribution >= 0.6 is 0 Å². The molecule has 0 aliphatic heterocycles. The highest BCUT2D eigenvalue weighted by Gasteiger charge is 2.14. The van der Waals surface area contributed by atoms with Gasteiger partial charge in [-0.2, -0.15) is 0 Å². The van der Waals surface area contributed by atoms with Gasteiger partial charge >= 0.3 is 12.0 Å². The number of carboxylic acid groups (broad SMARTS) is 1. The molecule has 0 aromatic heterocycles. The highest BCUT2D eigenvalue weighted by atomic mass is 16.5. The van der Waals surface area contributed by atoms with E-state index < -0.39 is 12.1 Å². The van der Waals surface area contributed by atoms with Crippen molar-refractivity contribution in [2.45, 2.75) is 32.8 Å². The molecule has 0 aliphatic rings. The predicted octanol–water partition coefficient (Wildman–Crippen LogP) is 0.579. The van der Waals surface area contributed by atoms with E-state index in [1.54, 1.807) is 13.8 Å². The van der Waals surface area contributed by atoms with Crippen LogP contribution in [0.2, 0.25) is 0 Å². The Kier molecular flexibility index (Phi) is 9.41. The molecule has 18 heavy (non-hydrogen) atoms. The normalized spacial score (nSPS) is 11.0. The third-order valence-electron chi connectivity index (χ3n) is 2.01. The van der Waals surface area contributed by atoms with E-state index in [-0.39, 0.29) is 19.0 Å². The number of amides is 2. The second-order valence-corrected chi connectivity index (χ2v) is 3.49. The van der Waals surface area contributed by atoms with Crippen molar-refractivity contribution in [3.05, 3.63) is 0 Å². The van der Waals surface area contributed by atoms with Crippen LogP contribution in [0.4, 0.5) is 4.79 Å². The summed E-state index contributed by atoms with van der Waals surface area (Å²) in [6, 6.07) is -0.344. The lowest BCUT2D eigenvalue weighted by Crippen LogP contribution is -2.41. The van der Waals surface area contributed by atoms with Gasteiger partial charge in [-0.1, -0.05) is 0 Å². The van der Waals surface area contributed by atoms with Crippen molar-refractivity contribution in [3.63, 3.8) is 0 Å². The molecule has 0 aromatic carbocycles. The molecule has 1 unspecified atom stereocenters. The van der Waals surface area contributed by atoms with Crippen LogP contribution in [-0.4, -0.2) is 42.9 Å². The van der Waals surface area contributed by atoms with Crippen molar-refractivity contribution in [3.8, 4) is 11.8 Å². The Morgan fingerprint density at radius 1 is 1.39 bits per heavy atom. The number of aliphatic carboxylic acids is 1. The zero-order valence-electron chi connectivity index (χ0n) is 10.8. The van der Waals surface area contributed by atoms with Crippen molar-refractivity contribution in [1.82, 2.24) is 10.6 Å². The minimum atomic E-state index is -0.950. The predicted molar refractivity (Wildman–Crippen MR) is 67.1 cm³/mol. The SMILES string of the molecule is CC#CCCNC(=O)NCC(CC(=O)O)OCC. The first kappa shape index (κ1) is 16.3. The Hall–Kier alpha value is -1.74. The van der Waals surface area contributed by atoms with Crippen molar-refractivity contribution < 1.29 is 19.4 Å². The Morgan fingerprint density at radius 3 is 2.67 bits per heavy atom. The van der Waals surface area contributed by atoms with Gasteiger partial charge in [-0.05, 0) is 13.8 Å². The number of carboxylic acids is 1. The number of urea groups is 1. The monoisotopic (exact) mass is 256 g/mol. The van der Waals surface area contributed by atoms with Crippen LogP contribution in [0.15, 0.2) is 0 Å². The number of rotatable bonds is 8. The molecule has 0 aromatic rings. The van der Waals surface area contributed by atoms with Gasteiger partial charge in [0.15, 0.2) is 0 Å². The molecular weight excluding hydrogens is 236 g/mol. The van der Waals surface area contributed by atoms with E-state index >= 15 is 0 Å². The van der Waals surface area contributed by atoms with Gasteiger partial charge in [0.2, 0.25) is 0 Å². The second-order valence-electron chi connectivity index (χ2n) is 3.49. The molecule has 0 saturated carbocycles. The number of hydrogen-bond acceptors (Lipinski definition) is 3. The Labute approximate surface area is 107 Å². The van der Waals surface area contributed by atoms with E-state index in [0.29, 0.717) is 19.6 Å². The average Bonchev–Trinajstić information content (AvgIpc) is 2.31. The molecule has 0 heterocycles. The Bertz CT molecular complexity index is 320. The van der Waals surface area contributed by atoms with E-state index in [1.165, 1.54) is 0 Å². The quantitative estimate of drug-likeness (QED) is 0.438. The number of nitrogens with one attached hydrogen (secondary N) is 2. The zero-order valence-corrected chi connectivity index (χ0v) is 10.8. The molecule has 6 heteroatoms. The summed E-state index contributed by atoms with van der Waals surface area (Å²) in [4.78, 5) is 21.9. The first-order chi connectivity index (χ1) is 8.60. The van der Waals surface area contributed by atoms with E-state index in [2.05, 4.69) is 22.5 Å². The van der Waals surface area contributed by atoms with Crippen molar-refractivity contribution in [2.75, 3.05) is 19.7 Å². The summed E-state index contributed by atoms with van der Waals surface area (Å²) < 4.78 is 5.20. The van der Waals surface area contributed by atoms with Crippen molar-refractivity contribution in [1.29, 1.82) is 0 Å². The lowest BCUT2D eigenvalue weighted by Gasteiger charge is -2.15. The number of carbonyl (C=O) groups excluding carboxylic acids is 1. The Morgan fingerprint density at radius 2 is 2.11 bits per heavy atom. The highest BCUT2D eigenvalue weighted by molar-refractivity contribution is 5.74. The summed E-state index contributed by atoms with van der Waals surface area (Å²) in [7, 11) is 0. The van der Waals surface area contributed by atoms with Crippen LogP contribution in [0, 0.1) is 11.8 Å². The molecule has 0 spiro atoms. The van der Waals surface area contributed by atoms with Crippen LogP contribution in [0.1, 0.15) is 26.7 Å². The molecule has 0 aliphatic carbocycles. The van der Waals surface area contributed by atoms with Gasteiger partial charge in [0.05, 0.1) is 12.5 Å². The van der Waals surface area contributed by atoms with Gasteiger partial charge in [-0.15, -0.1) is 11.8 Å². The van der Waals surface area contributed by atoms with E-state index in [4.69, 9.17) is 9.84 Å². The third kappa shape index (κ3) is 9.48. The molecule has 0 bridgehead atoms. The molecule has 2 amide bonds. The van der Waals surface area contributed by atoms with Crippen LogP contribution in [0.5, 0.6) is 0 Å². The largest absolute Gasteiger partial charge is 0.481 e. The number of carbonyl (C=O) groups is 2. The van der Waals surface area contributed by atoms with Gasteiger partial charge in [0.25, 0.3) is 0 Å². The van der Waals surface area contributed by atoms with E-state index in [0.717, 1.165) is 0 Å². The fraction of sp³-hybridized carbons (Fsp3) is 0.667. The minimum absolute atomic E-state index is 0.130. The molecule has 0 radical (unpaired) electrons. The first-order valence-electron chi connectivity index (χ1n) is 5.84. The standard InChI is InChI=1S/C12H20N2O4/c1-3-5-6-7-13-12(17)14-9-10(18-4-2)8-11(15)16/h10H,4,6-9H2,1-2H3,(H,15,16)(H2,13,14,17). The van der Waals surface area contributed by atoms with Gasteiger partial charge in [0, 0.05) is 26.1 Å². The Balaban J connectivity index is 3.82. The van der Waals surface area contributed by atoms with Gasteiger partial charge < -0.3 is 20.5 Å². The summed E-state index contributed by atoms with van der Waals surface area (Å²) in [5, 5.41) is 13.8. The van der Waals surface area contributed by atoms with Gasteiger partial charge in [0.1, 0.15) is 0 Å². The summed E-state index contributed by atoms with van der Waals surface area (Å²) in [6.07, 6.45) is -0.0442. The second kappa shape index (κ2) is 10.4. The molecule has 0 saturated heterocycles. The highest BCUT2D eigenvalue weighted by Crippen LogP contribution is 1.97. The van der Waals surface area contributed by atoms with E-state index in [9.17, 15) is 9.59 Å². The van der Waals surface area contributed by atoms with Gasteiger partial charge in [-0.3, -0.25) is 4.79 Å². The average molecular weight is 256 g/mol. The first-order valence-corrected chi connectivity index (χ1v) is 5.84. The number of ether oxygens (including phenoxy) is 1. The van der Waals surface area contributed by atoms with E-state index in [1.807, 2.05) is 0 Å². The molecule has 102 valence electrons. The smallest absolute Gasteiger partial charge is 0.314 e. The summed E-state index contributed by atoms with van der Waals surface area (Å²) >= 11 is 0. The molecule has 0 rings (SSSR count). The fourth-order valence-electron chi connectivity index (χ4n) is 1.25. The van der Waals surface area contributed by atoms with Crippen molar-refractivity contribution >= 4 is 12.0 Å². The van der Waals surface area contributed by atoms with Crippen LogP contribution in [0.25, 0.3) is 0 Å². The third-order valence-corrected chi connectivity index (χ3v) is 2.01. The fourth-order valence-corrected chi connectivity index (χ4v) is 1.25. The maximum Gasteiger partial charge on any atom is 0.314 e. The molecule has 1 atom stereocenters.